The van der Waals surface area contributed by atoms with E-state index in [-0.39, 0.29) is 11.9 Å². The van der Waals surface area contributed by atoms with Gasteiger partial charge in [-0.3, -0.25) is 0 Å². The Morgan fingerprint density at radius 2 is 1.85 bits per heavy atom. The van der Waals surface area contributed by atoms with Gasteiger partial charge in [-0.15, -0.1) is 0 Å². The lowest BCUT2D eigenvalue weighted by atomic mass is 10.1. The molecule has 0 radical (unpaired) electrons. The van der Waals surface area contributed by atoms with E-state index in [9.17, 15) is 4.39 Å². The molecule has 0 aliphatic rings. The van der Waals surface area contributed by atoms with Crippen LogP contribution in [0.2, 0.25) is 0 Å². The van der Waals surface area contributed by atoms with Gasteiger partial charge >= 0.3 is 0 Å². The van der Waals surface area contributed by atoms with Gasteiger partial charge in [-0.05, 0) is 25.1 Å². The van der Waals surface area contributed by atoms with E-state index >= 15 is 0 Å². The fourth-order valence-corrected chi connectivity index (χ4v) is 2.16. The van der Waals surface area contributed by atoms with Crippen LogP contribution in [0, 0.1) is 5.82 Å². The maximum Gasteiger partial charge on any atom is 0.165 e. The van der Waals surface area contributed by atoms with Gasteiger partial charge in [-0.1, -0.05) is 49.4 Å². The van der Waals surface area contributed by atoms with Gasteiger partial charge in [0.05, 0.1) is 0 Å². The number of hydrogen-bond donors (Lipinski definition) is 1. The molecular weight excluding hydrogens is 253 g/mol. The van der Waals surface area contributed by atoms with Crippen molar-refractivity contribution in [2.45, 2.75) is 26.5 Å². The maximum absolute atomic E-state index is 14.0. The Labute approximate surface area is 119 Å². The molecule has 3 heteroatoms. The minimum absolute atomic E-state index is 0.0569. The standard InChI is InChI=1S/C17H20FNO/c1-3-19-13(2)15-10-7-11-16(18)17(15)20-12-14-8-5-4-6-9-14/h4-11,13,19H,3,12H2,1-2H3. The Morgan fingerprint density at radius 1 is 1.10 bits per heavy atom. The molecule has 1 unspecified atom stereocenters. The summed E-state index contributed by atoms with van der Waals surface area (Å²) in [7, 11) is 0. The van der Waals surface area contributed by atoms with E-state index in [1.165, 1.54) is 6.07 Å². The van der Waals surface area contributed by atoms with Gasteiger partial charge in [-0.2, -0.15) is 0 Å². The fraction of sp³-hybridized carbons (Fsp3) is 0.294. The fourth-order valence-electron chi connectivity index (χ4n) is 2.16. The Morgan fingerprint density at radius 3 is 2.55 bits per heavy atom. The first-order valence-electron chi connectivity index (χ1n) is 6.91. The molecule has 0 fully saturated rings. The van der Waals surface area contributed by atoms with Gasteiger partial charge in [0.25, 0.3) is 0 Å². The van der Waals surface area contributed by atoms with Gasteiger partial charge in [0.1, 0.15) is 6.61 Å². The molecule has 0 aromatic heterocycles. The Balaban J connectivity index is 2.17. The molecule has 0 aliphatic carbocycles. The average molecular weight is 273 g/mol. The molecule has 106 valence electrons. The Kier molecular flexibility index (Phi) is 5.13. The number of rotatable bonds is 6. The molecule has 0 bridgehead atoms. The number of benzene rings is 2. The summed E-state index contributed by atoms with van der Waals surface area (Å²) < 4.78 is 19.7. The number of ether oxygens (including phenoxy) is 1. The van der Waals surface area contributed by atoms with Crippen LogP contribution in [0.15, 0.2) is 48.5 Å². The highest BCUT2D eigenvalue weighted by molar-refractivity contribution is 5.37. The van der Waals surface area contributed by atoms with E-state index in [1.807, 2.05) is 50.2 Å². The van der Waals surface area contributed by atoms with Gasteiger partial charge in [0.15, 0.2) is 11.6 Å². The molecule has 2 aromatic rings. The van der Waals surface area contributed by atoms with Crippen molar-refractivity contribution >= 4 is 0 Å². The molecule has 0 amide bonds. The monoisotopic (exact) mass is 273 g/mol. The van der Waals surface area contributed by atoms with Crippen molar-refractivity contribution in [1.29, 1.82) is 0 Å². The SMILES string of the molecule is CCNC(C)c1cccc(F)c1OCc1ccccc1. The summed E-state index contributed by atoms with van der Waals surface area (Å²) >= 11 is 0. The lowest BCUT2D eigenvalue weighted by Gasteiger charge is -2.18. The van der Waals surface area contributed by atoms with Gasteiger partial charge in [0.2, 0.25) is 0 Å². The third-order valence-corrected chi connectivity index (χ3v) is 3.20. The zero-order valence-electron chi connectivity index (χ0n) is 11.9. The number of hydrogen-bond acceptors (Lipinski definition) is 2. The third kappa shape index (κ3) is 3.58. The highest BCUT2D eigenvalue weighted by atomic mass is 19.1. The molecule has 2 nitrogen and oxygen atoms in total. The minimum Gasteiger partial charge on any atom is -0.485 e. The minimum atomic E-state index is -0.316. The normalized spacial score (nSPS) is 12.2. The first-order chi connectivity index (χ1) is 9.72. The van der Waals surface area contributed by atoms with E-state index in [2.05, 4.69) is 5.32 Å². The lowest BCUT2D eigenvalue weighted by molar-refractivity contribution is 0.284. The predicted octanol–water partition coefficient (Wildman–Crippen LogP) is 4.08. The van der Waals surface area contributed by atoms with Crippen LogP contribution in [-0.4, -0.2) is 6.54 Å². The van der Waals surface area contributed by atoms with Crippen LogP contribution < -0.4 is 10.1 Å². The van der Waals surface area contributed by atoms with Crippen molar-refractivity contribution in [2.24, 2.45) is 0 Å². The topological polar surface area (TPSA) is 21.3 Å². The molecule has 2 rings (SSSR count). The van der Waals surface area contributed by atoms with E-state index in [0.717, 1.165) is 17.7 Å². The first kappa shape index (κ1) is 14.5. The van der Waals surface area contributed by atoms with Gasteiger partial charge in [0, 0.05) is 11.6 Å². The quantitative estimate of drug-likeness (QED) is 0.856. The number of para-hydroxylation sites is 1. The predicted molar refractivity (Wildman–Crippen MR) is 79.3 cm³/mol. The summed E-state index contributed by atoms with van der Waals surface area (Å²) in [5.41, 5.74) is 1.88. The van der Waals surface area contributed by atoms with Crippen LogP contribution in [0.5, 0.6) is 5.75 Å². The van der Waals surface area contributed by atoms with Crippen LogP contribution >= 0.6 is 0 Å². The molecule has 0 heterocycles. The summed E-state index contributed by atoms with van der Waals surface area (Å²) in [6.07, 6.45) is 0. The third-order valence-electron chi connectivity index (χ3n) is 3.20. The van der Waals surface area contributed by atoms with Crippen molar-refractivity contribution < 1.29 is 9.13 Å². The van der Waals surface area contributed by atoms with Crippen LogP contribution in [0.4, 0.5) is 4.39 Å². The summed E-state index contributed by atoms with van der Waals surface area (Å²) in [6, 6.07) is 14.9. The molecule has 20 heavy (non-hydrogen) atoms. The van der Waals surface area contributed by atoms with Crippen LogP contribution in [0.3, 0.4) is 0 Å². The zero-order valence-corrected chi connectivity index (χ0v) is 11.9. The zero-order chi connectivity index (χ0) is 14.4. The molecule has 2 aromatic carbocycles. The molecule has 1 N–H and O–H groups in total. The average Bonchev–Trinajstić information content (AvgIpc) is 2.47. The highest BCUT2D eigenvalue weighted by Crippen LogP contribution is 2.28. The number of nitrogens with one attached hydrogen (secondary N) is 1. The molecule has 0 aliphatic heterocycles. The summed E-state index contributed by atoms with van der Waals surface area (Å²) in [5, 5.41) is 3.28. The van der Waals surface area contributed by atoms with Gasteiger partial charge in [-0.25, -0.2) is 4.39 Å². The van der Waals surface area contributed by atoms with Crippen molar-refractivity contribution in [1.82, 2.24) is 5.32 Å². The summed E-state index contributed by atoms with van der Waals surface area (Å²) in [4.78, 5) is 0. The molecular formula is C17H20FNO. The van der Waals surface area contributed by atoms with Crippen molar-refractivity contribution in [3.8, 4) is 5.75 Å². The summed E-state index contributed by atoms with van der Waals surface area (Å²) in [5.74, 6) is 0.0213. The van der Waals surface area contributed by atoms with Crippen molar-refractivity contribution in [3.63, 3.8) is 0 Å². The van der Waals surface area contributed by atoms with Gasteiger partial charge < -0.3 is 10.1 Å². The molecule has 1 atom stereocenters. The highest BCUT2D eigenvalue weighted by Gasteiger charge is 2.15. The number of halogens is 1. The van der Waals surface area contributed by atoms with E-state index in [1.54, 1.807) is 6.07 Å². The second kappa shape index (κ2) is 7.06. The largest absolute Gasteiger partial charge is 0.485 e. The van der Waals surface area contributed by atoms with Crippen LogP contribution in [0.25, 0.3) is 0 Å². The van der Waals surface area contributed by atoms with Crippen LogP contribution in [0.1, 0.15) is 31.0 Å². The molecule has 0 saturated heterocycles. The van der Waals surface area contributed by atoms with E-state index in [0.29, 0.717) is 12.4 Å². The summed E-state index contributed by atoms with van der Waals surface area (Å²) in [6.45, 7) is 5.23. The van der Waals surface area contributed by atoms with E-state index in [4.69, 9.17) is 4.74 Å². The van der Waals surface area contributed by atoms with E-state index < -0.39 is 0 Å². The van der Waals surface area contributed by atoms with Crippen molar-refractivity contribution in [2.75, 3.05) is 6.54 Å². The second-order valence-corrected chi connectivity index (χ2v) is 4.71. The molecule has 0 spiro atoms. The van der Waals surface area contributed by atoms with Crippen molar-refractivity contribution in [3.05, 3.63) is 65.5 Å². The Bertz CT molecular complexity index is 542. The Hall–Kier alpha value is -1.87. The molecule has 0 saturated carbocycles. The first-order valence-corrected chi connectivity index (χ1v) is 6.91. The van der Waals surface area contributed by atoms with Crippen LogP contribution in [-0.2, 0) is 6.61 Å². The second-order valence-electron chi connectivity index (χ2n) is 4.71. The maximum atomic E-state index is 14.0. The smallest absolute Gasteiger partial charge is 0.165 e. The lowest BCUT2D eigenvalue weighted by Crippen LogP contribution is -2.19.